The molecule has 6 heteroatoms. The fourth-order valence-corrected chi connectivity index (χ4v) is 3.33. The average molecular weight is 427 g/mol. The highest BCUT2D eigenvalue weighted by atomic mass is 16.5. The number of aromatic hydroxyl groups is 1. The minimum Gasteiger partial charge on any atom is -0.500 e. The number of carbonyl (C=O) groups is 1. The number of nitrogens with zero attached hydrogens (tertiary/aromatic N) is 1. The highest BCUT2D eigenvalue weighted by Gasteiger charge is 2.18. The number of ether oxygens (including phenoxy) is 1. The molecule has 0 spiro atoms. The van der Waals surface area contributed by atoms with Crippen molar-refractivity contribution in [3.8, 4) is 11.5 Å². The number of rotatable bonds is 10. The first kappa shape index (κ1) is 24.3. The summed E-state index contributed by atoms with van der Waals surface area (Å²) in [4.78, 5) is 24.3. The monoisotopic (exact) mass is 426 g/mol. The van der Waals surface area contributed by atoms with Crippen LogP contribution in [-0.2, 0) is 11.3 Å². The van der Waals surface area contributed by atoms with Crippen molar-refractivity contribution in [3.05, 3.63) is 51.9 Å². The SMILES string of the molecule is CCCCn1c(=O)c(O)c(OC/C=C(\C)CCC=C(C)C)c2ccc(NC(C)=O)cc21. The second kappa shape index (κ2) is 11.4. The summed E-state index contributed by atoms with van der Waals surface area (Å²) in [7, 11) is 0. The molecule has 0 aliphatic rings. The van der Waals surface area contributed by atoms with E-state index in [1.807, 2.05) is 19.9 Å². The summed E-state index contributed by atoms with van der Waals surface area (Å²) >= 11 is 0. The zero-order chi connectivity index (χ0) is 23.0. The third kappa shape index (κ3) is 6.74. The summed E-state index contributed by atoms with van der Waals surface area (Å²) < 4.78 is 7.42. The molecular weight excluding hydrogens is 392 g/mol. The lowest BCUT2D eigenvalue weighted by Gasteiger charge is -2.16. The van der Waals surface area contributed by atoms with E-state index < -0.39 is 5.56 Å². The molecule has 0 unspecified atom stereocenters. The molecule has 0 radical (unpaired) electrons. The predicted molar refractivity (Wildman–Crippen MR) is 127 cm³/mol. The molecule has 0 aliphatic heterocycles. The Bertz CT molecular complexity index is 1040. The first-order valence-electron chi connectivity index (χ1n) is 10.8. The average Bonchev–Trinajstić information content (AvgIpc) is 2.70. The smallest absolute Gasteiger partial charge is 0.297 e. The van der Waals surface area contributed by atoms with Gasteiger partial charge < -0.3 is 19.7 Å². The van der Waals surface area contributed by atoms with Gasteiger partial charge in [-0.05, 0) is 64.3 Å². The second-order valence-electron chi connectivity index (χ2n) is 8.08. The summed E-state index contributed by atoms with van der Waals surface area (Å²) in [6.07, 6.45) is 7.78. The lowest BCUT2D eigenvalue weighted by Crippen LogP contribution is -2.21. The molecule has 1 aromatic heterocycles. The highest BCUT2D eigenvalue weighted by molar-refractivity contribution is 5.94. The third-order valence-electron chi connectivity index (χ3n) is 5.00. The molecule has 0 saturated heterocycles. The molecule has 1 amide bonds. The lowest BCUT2D eigenvalue weighted by atomic mass is 10.1. The molecular formula is C25H34N2O4. The van der Waals surface area contributed by atoms with Gasteiger partial charge in [0.15, 0.2) is 5.75 Å². The molecule has 0 fully saturated rings. The Hall–Kier alpha value is -3.02. The number of benzene rings is 1. The minimum absolute atomic E-state index is 0.176. The maximum Gasteiger partial charge on any atom is 0.297 e. The van der Waals surface area contributed by atoms with Crippen LogP contribution in [0.2, 0.25) is 0 Å². The van der Waals surface area contributed by atoms with Crippen molar-refractivity contribution in [2.24, 2.45) is 0 Å². The fraction of sp³-hybridized carbons (Fsp3) is 0.440. The van der Waals surface area contributed by atoms with Crippen LogP contribution in [0.5, 0.6) is 11.5 Å². The molecule has 0 saturated carbocycles. The van der Waals surface area contributed by atoms with Crippen LogP contribution in [0.3, 0.4) is 0 Å². The number of amides is 1. The minimum atomic E-state index is -0.486. The van der Waals surface area contributed by atoms with Crippen LogP contribution in [-0.4, -0.2) is 22.2 Å². The normalized spacial score (nSPS) is 11.5. The van der Waals surface area contributed by atoms with Crippen molar-refractivity contribution >= 4 is 22.5 Å². The standard InChI is InChI=1S/C25H34N2O4/c1-6-7-14-27-22-16-20(26-19(5)28)11-12-21(22)24(23(29)25(27)30)31-15-13-18(4)10-8-9-17(2)3/h9,11-13,16,29H,6-8,10,14-15H2,1-5H3,(H,26,28)/b18-13+. The van der Waals surface area contributed by atoms with Crippen molar-refractivity contribution in [1.82, 2.24) is 4.57 Å². The van der Waals surface area contributed by atoms with E-state index >= 15 is 0 Å². The molecule has 168 valence electrons. The molecule has 0 aliphatic carbocycles. The zero-order valence-electron chi connectivity index (χ0n) is 19.2. The fourth-order valence-electron chi connectivity index (χ4n) is 3.33. The van der Waals surface area contributed by atoms with Gasteiger partial charge >= 0.3 is 0 Å². The maximum absolute atomic E-state index is 12.9. The number of nitrogens with one attached hydrogen (secondary N) is 1. The van der Waals surface area contributed by atoms with Crippen molar-refractivity contribution in [2.75, 3.05) is 11.9 Å². The molecule has 0 bridgehead atoms. The van der Waals surface area contributed by atoms with Gasteiger partial charge in [0, 0.05) is 24.5 Å². The zero-order valence-corrected chi connectivity index (χ0v) is 19.2. The maximum atomic E-state index is 12.9. The van der Waals surface area contributed by atoms with Gasteiger partial charge in [0.25, 0.3) is 5.56 Å². The van der Waals surface area contributed by atoms with E-state index in [1.54, 1.807) is 22.8 Å². The molecule has 1 heterocycles. The van der Waals surface area contributed by atoms with E-state index in [9.17, 15) is 14.7 Å². The number of aryl methyl sites for hydroxylation is 1. The number of anilines is 1. The van der Waals surface area contributed by atoms with Gasteiger partial charge in [-0.15, -0.1) is 0 Å². The van der Waals surface area contributed by atoms with Crippen LogP contribution in [0.4, 0.5) is 5.69 Å². The summed E-state index contributed by atoms with van der Waals surface area (Å²) in [5.41, 5.74) is 3.21. The number of carbonyl (C=O) groups excluding carboxylic acids is 1. The molecule has 31 heavy (non-hydrogen) atoms. The van der Waals surface area contributed by atoms with Gasteiger partial charge in [0.05, 0.1) is 5.52 Å². The highest BCUT2D eigenvalue weighted by Crippen LogP contribution is 2.33. The number of pyridine rings is 1. The van der Waals surface area contributed by atoms with Crippen LogP contribution >= 0.6 is 0 Å². The third-order valence-corrected chi connectivity index (χ3v) is 5.00. The van der Waals surface area contributed by atoms with Crippen molar-refractivity contribution in [3.63, 3.8) is 0 Å². The second-order valence-corrected chi connectivity index (χ2v) is 8.08. The molecule has 6 nitrogen and oxygen atoms in total. The van der Waals surface area contributed by atoms with Crippen molar-refractivity contribution < 1.29 is 14.6 Å². The number of hydrogen-bond acceptors (Lipinski definition) is 4. The number of allylic oxidation sites excluding steroid dienone is 3. The Kier molecular flexibility index (Phi) is 8.91. The number of fused-ring (bicyclic) bond motifs is 1. The summed E-state index contributed by atoms with van der Waals surface area (Å²) in [5, 5.41) is 14.0. The topological polar surface area (TPSA) is 80.6 Å². The van der Waals surface area contributed by atoms with Gasteiger partial charge in [-0.3, -0.25) is 9.59 Å². The lowest BCUT2D eigenvalue weighted by molar-refractivity contribution is -0.114. The van der Waals surface area contributed by atoms with Gasteiger partial charge in [-0.2, -0.15) is 0 Å². The number of aromatic nitrogens is 1. The van der Waals surface area contributed by atoms with E-state index in [1.165, 1.54) is 18.1 Å². The Labute approximate surface area is 184 Å². The summed E-state index contributed by atoms with van der Waals surface area (Å²) in [6.45, 7) is 10.4. The Balaban J connectivity index is 2.39. The van der Waals surface area contributed by atoms with Gasteiger partial charge in [0.2, 0.25) is 11.7 Å². The Morgan fingerprint density at radius 3 is 2.58 bits per heavy atom. The van der Waals surface area contributed by atoms with E-state index in [2.05, 4.69) is 25.2 Å². The number of unbranched alkanes of at least 4 members (excludes halogenated alkanes) is 1. The summed E-state index contributed by atoms with van der Waals surface area (Å²) in [5.74, 6) is -0.396. The van der Waals surface area contributed by atoms with Crippen LogP contribution in [0.1, 0.15) is 60.3 Å². The number of hydrogen-bond donors (Lipinski definition) is 2. The first-order valence-corrected chi connectivity index (χ1v) is 10.8. The Morgan fingerprint density at radius 2 is 1.94 bits per heavy atom. The molecule has 2 N–H and O–H groups in total. The van der Waals surface area contributed by atoms with Gasteiger partial charge in [-0.25, -0.2) is 0 Å². The van der Waals surface area contributed by atoms with E-state index in [-0.39, 0.29) is 24.0 Å². The van der Waals surface area contributed by atoms with Crippen LogP contribution in [0.15, 0.2) is 46.3 Å². The van der Waals surface area contributed by atoms with Crippen LogP contribution < -0.4 is 15.6 Å². The van der Waals surface area contributed by atoms with Crippen molar-refractivity contribution in [2.45, 2.75) is 66.8 Å². The molecule has 2 rings (SSSR count). The first-order chi connectivity index (χ1) is 14.7. The van der Waals surface area contributed by atoms with E-state index in [0.717, 1.165) is 25.7 Å². The van der Waals surface area contributed by atoms with Gasteiger partial charge in [0.1, 0.15) is 6.61 Å². The quantitative estimate of drug-likeness (QED) is 0.489. The largest absolute Gasteiger partial charge is 0.500 e. The molecule has 1 aromatic carbocycles. The van der Waals surface area contributed by atoms with E-state index in [0.29, 0.717) is 23.1 Å². The Morgan fingerprint density at radius 1 is 1.19 bits per heavy atom. The van der Waals surface area contributed by atoms with Crippen LogP contribution in [0.25, 0.3) is 10.9 Å². The predicted octanol–water partition coefficient (Wildman–Crippen LogP) is 5.54. The van der Waals surface area contributed by atoms with Gasteiger partial charge in [-0.1, -0.05) is 30.6 Å². The molecule has 2 aromatic rings. The van der Waals surface area contributed by atoms with Crippen LogP contribution in [0, 0.1) is 0 Å². The summed E-state index contributed by atoms with van der Waals surface area (Å²) in [6, 6.07) is 5.26. The molecule has 0 atom stereocenters. The van der Waals surface area contributed by atoms with E-state index in [4.69, 9.17) is 4.74 Å². The van der Waals surface area contributed by atoms with Crippen molar-refractivity contribution in [1.29, 1.82) is 0 Å².